The van der Waals surface area contributed by atoms with E-state index in [-0.39, 0.29) is 42.2 Å². The number of Topliss-reactive ketones (excluding diaryl/α,β-unsaturated/α-hetero) is 1. The van der Waals surface area contributed by atoms with Gasteiger partial charge < -0.3 is 25.0 Å². The minimum absolute atomic E-state index is 0.106. The maximum atomic E-state index is 13.9. The largest absolute Gasteiger partial charge is 0.433 e. The Morgan fingerprint density at radius 1 is 0.886 bits per heavy atom. The third-order valence-corrected chi connectivity index (χ3v) is 7.51. The lowest BCUT2D eigenvalue weighted by atomic mass is 10.0. The molecule has 3 aromatic carbocycles. The van der Waals surface area contributed by atoms with E-state index in [1.807, 2.05) is 42.5 Å². The van der Waals surface area contributed by atoms with E-state index in [9.17, 15) is 24.0 Å². The molecule has 4 aromatic rings. The molecular formula is C33H28N4O7. The van der Waals surface area contributed by atoms with Crippen LogP contribution in [0.25, 0.3) is 10.8 Å². The van der Waals surface area contributed by atoms with E-state index in [2.05, 4.69) is 15.6 Å². The Balaban J connectivity index is 1.20. The van der Waals surface area contributed by atoms with Crippen molar-refractivity contribution in [1.82, 2.24) is 15.6 Å². The number of ether oxygens (including phenoxy) is 2. The smallest absolute Gasteiger partial charge is 0.310 e. The first-order valence-corrected chi connectivity index (χ1v) is 14.1. The number of cyclic esters (lactones) is 1. The zero-order chi connectivity index (χ0) is 30.6. The van der Waals surface area contributed by atoms with Gasteiger partial charge in [-0.2, -0.15) is 0 Å². The minimum atomic E-state index is -1.26. The first kappa shape index (κ1) is 28.7. The molecule has 3 atom stereocenters. The van der Waals surface area contributed by atoms with E-state index in [0.29, 0.717) is 5.39 Å². The molecule has 3 amide bonds. The Kier molecular flexibility index (Phi) is 8.11. The maximum absolute atomic E-state index is 13.9. The molecule has 0 saturated carbocycles. The van der Waals surface area contributed by atoms with Gasteiger partial charge in [0.25, 0.3) is 11.8 Å². The summed E-state index contributed by atoms with van der Waals surface area (Å²) in [4.78, 5) is 71.3. The van der Waals surface area contributed by atoms with Crippen LogP contribution in [0.15, 0.2) is 91.1 Å². The van der Waals surface area contributed by atoms with Crippen LogP contribution in [0.1, 0.15) is 39.3 Å². The summed E-state index contributed by atoms with van der Waals surface area (Å²) < 4.78 is 11.0. The molecule has 0 spiro atoms. The zero-order valence-corrected chi connectivity index (χ0v) is 23.5. The highest BCUT2D eigenvalue weighted by atomic mass is 16.7. The van der Waals surface area contributed by atoms with E-state index >= 15 is 0 Å². The number of hydrogen-bond donors (Lipinski definition) is 2. The number of hydrogen-bond acceptors (Lipinski definition) is 8. The molecule has 222 valence electrons. The second-order valence-corrected chi connectivity index (χ2v) is 10.5. The Labute approximate surface area is 252 Å². The maximum Gasteiger partial charge on any atom is 0.310 e. The van der Waals surface area contributed by atoms with Crippen molar-refractivity contribution in [2.75, 3.05) is 11.4 Å². The molecule has 0 aliphatic carbocycles. The number of fused-ring (bicyclic) bond motifs is 2. The van der Waals surface area contributed by atoms with Crippen LogP contribution in [0.4, 0.5) is 5.69 Å². The third kappa shape index (κ3) is 6.04. The molecule has 11 nitrogen and oxygen atoms in total. The minimum Gasteiger partial charge on any atom is -0.433 e. The van der Waals surface area contributed by atoms with Gasteiger partial charge in [0.1, 0.15) is 24.3 Å². The number of rotatable bonds is 8. The molecule has 0 radical (unpaired) electrons. The molecule has 1 unspecified atom stereocenters. The van der Waals surface area contributed by atoms with Crippen molar-refractivity contribution in [3.05, 3.63) is 108 Å². The number of esters is 1. The summed E-state index contributed by atoms with van der Waals surface area (Å²) in [5.74, 6) is -2.75. The van der Waals surface area contributed by atoms with Crippen LogP contribution in [0.2, 0.25) is 0 Å². The van der Waals surface area contributed by atoms with Crippen LogP contribution in [-0.2, 0) is 30.5 Å². The lowest BCUT2D eigenvalue weighted by molar-refractivity contribution is -0.168. The Bertz CT molecular complexity index is 1750. The average Bonchev–Trinajstić information content (AvgIpc) is 3.35. The number of carbonyl (C=O) groups is 5. The predicted octanol–water partition coefficient (Wildman–Crippen LogP) is 2.93. The molecule has 1 fully saturated rings. The summed E-state index contributed by atoms with van der Waals surface area (Å²) in [6.45, 7) is -0.309. The summed E-state index contributed by atoms with van der Waals surface area (Å²) in [6.07, 6.45) is 0.0778. The third-order valence-electron chi connectivity index (χ3n) is 7.51. The van der Waals surface area contributed by atoms with Gasteiger partial charge in [0.05, 0.1) is 18.7 Å². The Morgan fingerprint density at radius 3 is 2.48 bits per heavy atom. The van der Waals surface area contributed by atoms with E-state index in [4.69, 9.17) is 9.47 Å². The molecule has 0 bridgehead atoms. The van der Waals surface area contributed by atoms with Gasteiger partial charge in [0, 0.05) is 23.6 Å². The number of amides is 3. The number of anilines is 1. The second-order valence-electron chi connectivity index (χ2n) is 10.5. The van der Waals surface area contributed by atoms with Gasteiger partial charge >= 0.3 is 5.97 Å². The summed E-state index contributed by atoms with van der Waals surface area (Å²) in [5.41, 5.74) is 1.47. The highest BCUT2D eigenvalue weighted by molar-refractivity contribution is 6.15. The number of benzene rings is 3. The molecular weight excluding hydrogens is 564 g/mol. The summed E-state index contributed by atoms with van der Waals surface area (Å²) in [7, 11) is 0. The molecule has 1 saturated heterocycles. The molecule has 2 N–H and O–H groups in total. The second kappa shape index (κ2) is 12.4. The van der Waals surface area contributed by atoms with Gasteiger partial charge in [-0.15, -0.1) is 0 Å². The number of para-hydroxylation sites is 1. The highest BCUT2D eigenvalue weighted by Gasteiger charge is 2.39. The zero-order valence-electron chi connectivity index (χ0n) is 23.5. The molecule has 1 aromatic heterocycles. The van der Waals surface area contributed by atoms with Crippen LogP contribution in [0, 0.1) is 0 Å². The van der Waals surface area contributed by atoms with Crippen molar-refractivity contribution in [3.63, 3.8) is 0 Å². The fourth-order valence-electron chi connectivity index (χ4n) is 5.39. The lowest BCUT2D eigenvalue weighted by Crippen LogP contribution is -2.52. The summed E-state index contributed by atoms with van der Waals surface area (Å²) in [6, 6.07) is 22.7. The van der Waals surface area contributed by atoms with E-state index in [1.54, 1.807) is 42.5 Å². The highest BCUT2D eigenvalue weighted by Crippen LogP contribution is 2.28. The van der Waals surface area contributed by atoms with Crippen LogP contribution in [-0.4, -0.2) is 59.4 Å². The fourth-order valence-corrected chi connectivity index (χ4v) is 5.39. The van der Waals surface area contributed by atoms with Gasteiger partial charge in [0.15, 0.2) is 5.78 Å². The summed E-state index contributed by atoms with van der Waals surface area (Å²) >= 11 is 0. The standard InChI is InChI=1S/C33H28N4O7/c38-27-16-24(36-31(41)30-22-11-5-4-10-21(22)14-15-34-30)32(42)37(26-13-7-6-12-23(26)27)18-28(39)35-25-17-29(40)44-33(25)43-19-20-8-2-1-3-9-20/h1-15,24-25,33H,16-19H2,(H,35,39)(H,36,41)/t24-,25-,33?/m0/s1. The van der Waals surface area contributed by atoms with E-state index in [0.717, 1.165) is 10.9 Å². The van der Waals surface area contributed by atoms with Crippen LogP contribution in [0.5, 0.6) is 0 Å². The SMILES string of the molecule is O=C(CN1C(=O)[C@@H](NC(=O)c2nccc3ccccc23)CC(=O)c2ccccc21)N[C@H]1CC(=O)OC1OCc1ccccc1. The number of aromatic nitrogens is 1. The lowest BCUT2D eigenvalue weighted by Gasteiger charge is -2.26. The first-order chi connectivity index (χ1) is 21.4. The van der Waals surface area contributed by atoms with Crippen molar-refractivity contribution < 1.29 is 33.4 Å². The van der Waals surface area contributed by atoms with Crippen molar-refractivity contribution in [1.29, 1.82) is 0 Å². The molecule has 3 heterocycles. The Morgan fingerprint density at radius 2 is 1.64 bits per heavy atom. The molecule has 11 heteroatoms. The molecule has 44 heavy (non-hydrogen) atoms. The van der Waals surface area contributed by atoms with Crippen molar-refractivity contribution in [2.24, 2.45) is 0 Å². The Hall–Kier alpha value is -5.42. The van der Waals surface area contributed by atoms with Crippen molar-refractivity contribution in [3.8, 4) is 0 Å². The number of ketones is 1. The van der Waals surface area contributed by atoms with Crippen LogP contribution in [0.3, 0.4) is 0 Å². The van der Waals surface area contributed by atoms with Gasteiger partial charge in [-0.05, 0) is 29.1 Å². The average molecular weight is 593 g/mol. The van der Waals surface area contributed by atoms with Gasteiger partial charge in [-0.1, -0.05) is 66.7 Å². The monoisotopic (exact) mass is 592 g/mol. The van der Waals surface area contributed by atoms with Crippen molar-refractivity contribution in [2.45, 2.75) is 37.8 Å². The normalized spacial score (nSPS) is 19.7. The van der Waals surface area contributed by atoms with Gasteiger partial charge in [-0.25, -0.2) is 0 Å². The fraction of sp³-hybridized carbons (Fsp3) is 0.212. The molecule has 2 aliphatic rings. The predicted molar refractivity (Wildman–Crippen MR) is 158 cm³/mol. The number of pyridine rings is 1. The number of carbonyl (C=O) groups excluding carboxylic acids is 5. The number of nitrogens with one attached hydrogen (secondary N) is 2. The summed E-state index contributed by atoms with van der Waals surface area (Å²) in [5, 5.41) is 6.80. The van der Waals surface area contributed by atoms with Crippen LogP contribution < -0.4 is 15.5 Å². The van der Waals surface area contributed by atoms with Crippen molar-refractivity contribution >= 4 is 45.9 Å². The molecule has 6 rings (SSSR count). The molecule has 2 aliphatic heterocycles. The number of nitrogens with zero attached hydrogens (tertiary/aromatic N) is 2. The van der Waals surface area contributed by atoms with Gasteiger partial charge in [0.2, 0.25) is 12.2 Å². The van der Waals surface area contributed by atoms with Crippen LogP contribution >= 0.6 is 0 Å². The van der Waals surface area contributed by atoms with Gasteiger partial charge in [-0.3, -0.25) is 29.0 Å². The first-order valence-electron chi connectivity index (χ1n) is 14.1. The van der Waals surface area contributed by atoms with E-state index in [1.165, 1.54) is 11.1 Å². The van der Waals surface area contributed by atoms with E-state index < -0.39 is 48.6 Å². The topological polar surface area (TPSA) is 144 Å². The quantitative estimate of drug-likeness (QED) is 0.297.